The zero-order chi connectivity index (χ0) is 21.7. The molecule has 0 radical (unpaired) electrons. The number of sulfonamides is 1. The van der Waals surface area contributed by atoms with Gasteiger partial charge in [-0.2, -0.15) is 0 Å². The molecule has 1 N–H and O–H groups in total. The molecular weight excluding hydrogens is 396 g/mol. The Balaban J connectivity index is 1.49. The molecule has 0 atom stereocenters. The van der Waals surface area contributed by atoms with E-state index in [0.717, 1.165) is 38.1 Å². The molecule has 0 aliphatic heterocycles. The van der Waals surface area contributed by atoms with Crippen LogP contribution in [0.15, 0.2) is 54.6 Å². The lowest BCUT2D eigenvalue weighted by atomic mass is 10.2. The highest BCUT2D eigenvalue weighted by molar-refractivity contribution is 7.92. The molecule has 0 bridgehead atoms. The van der Waals surface area contributed by atoms with Crippen LogP contribution >= 0.6 is 0 Å². The van der Waals surface area contributed by atoms with Gasteiger partial charge in [0, 0.05) is 25.8 Å². The molecule has 0 aliphatic rings. The summed E-state index contributed by atoms with van der Waals surface area (Å²) in [5.41, 5.74) is 2.78. The average molecular weight is 429 g/mol. The zero-order valence-corrected chi connectivity index (χ0v) is 18.7. The first kappa shape index (κ1) is 23.9. The SMILES string of the molecule is CN(c1ccc(C#CCOCCCCCCNCc2ccccc2)cc1)S(C)(=O)=O. The number of nitrogens with one attached hydrogen (secondary N) is 1. The Morgan fingerprint density at radius 1 is 0.967 bits per heavy atom. The normalized spacial score (nSPS) is 11.0. The van der Waals surface area contributed by atoms with E-state index in [4.69, 9.17) is 4.74 Å². The molecule has 0 heterocycles. The first-order valence-electron chi connectivity index (χ1n) is 10.3. The van der Waals surface area contributed by atoms with Crippen molar-refractivity contribution < 1.29 is 13.2 Å². The summed E-state index contributed by atoms with van der Waals surface area (Å²) in [7, 11) is -1.71. The van der Waals surface area contributed by atoms with Crippen molar-refractivity contribution in [2.75, 3.05) is 37.4 Å². The minimum absolute atomic E-state index is 0.406. The maximum Gasteiger partial charge on any atom is 0.231 e. The smallest absolute Gasteiger partial charge is 0.231 e. The fraction of sp³-hybridized carbons (Fsp3) is 0.417. The second-order valence-corrected chi connectivity index (χ2v) is 9.22. The number of nitrogens with zero attached hydrogens (tertiary/aromatic N) is 1. The lowest BCUT2D eigenvalue weighted by Crippen LogP contribution is -2.24. The zero-order valence-electron chi connectivity index (χ0n) is 17.9. The summed E-state index contributed by atoms with van der Waals surface area (Å²) in [6.07, 6.45) is 5.77. The Labute approximate surface area is 181 Å². The van der Waals surface area contributed by atoms with Gasteiger partial charge in [-0.05, 0) is 49.2 Å². The molecule has 2 rings (SSSR count). The number of unbranched alkanes of at least 4 members (excludes halogenated alkanes) is 3. The largest absolute Gasteiger partial charge is 0.369 e. The number of anilines is 1. The number of hydrogen-bond donors (Lipinski definition) is 1. The van der Waals surface area contributed by atoms with E-state index in [1.165, 1.54) is 36.0 Å². The van der Waals surface area contributed by atoms with Gasteiger partial charge >= 0.3 is 0 Å². The second-order valence-electron chi connectivity index (χ2n) is 7.21. The van der Waals surface area contributed by atoms with Crippen LogP contribution in [0.3, 0.4) is 0 Å². The minimum Gasteiger partial charge on any atom is -0.369 e. The van der Waals surface area contributed by atoms with E-state index in [9.17, 15) is 8.42 Å². The van der Waals surface area contributed by atoms with Crippen molar-refractivity contribution in [3.05, 3.63) is 65.7 Å². The van der Waals surface area contributed by atoms with Crippen LogP contribution in [0.25, 0.3) is 0 Å². The van der Waals surface area contributed by atoms with Gasteiger partial charge in [-0.3, -0.25) is 4.31 Å². The van der Waals surface area contributed by atoms with Crippen molar-refractivity contribution in [2.45, 2.75) is 32.2 Å². The summed E-state index contributed by atoms with van der Waals surface area (Å²) >= 11 is 0. The average Bonchev–Trinajstić information content (AvgIpc) is 2.74. The van der Waals surface area contributed by atoms with Gasteiger partial charge in [0.2, 0.25) is 10.0 Å². The van der Waals surface area contributed by atoms with E-state index in [1.54, 1.807) is 12.1 Å². The molecule has 2 aromatic carbocycles. The third-order valence-corrected chi connectivity index (χ3v) is 5.91. The van der Waals surface area contributed by atoms with Gasteiger partial charge < -0.3 is 10.1 Å². The molecule has 2 aromatic rings. The molecule has 0 fully saturated rings. The summed E-state index contributed by atoms with van der Waals surface area (Å²) < 4.78 is 29.9. The highest BCUT2D eigenvalue weighted by atomic mass is 32.2. The first-order chi connectivity index (χ1) is 14.5. The van der Waals surface area contributed by atoms with E-state index in [1.807, 2.05) is 18.2 Å². The molecule has 0 amide bonds. The van der Waals surface area contributed by atoms with E-state index in [2.05, 4.69) is 41.4 Å². The van der Waals surface area contributed by atoms with Crippen molar-refractivity contribution in [1.82, 2.24) is 5.32 Å². The summed E-state index contributed by atoms with van der Waals surface area (Å²) in [6, 6.07) is 17.6. The van der Waals surface area contributed by atoms with Gasteiger partial charge in [-0.25, -0.2) is 8.42 Å². The van der Waals surface area contributed by atoms with E-state index in [0.29, 0.717) is 12.3 Å². The molecule has 0 spiro atoms. The van der Waals surface area contributed by atoms with Crippen LogP contribution in [0.2, 0.25) is 0 Å². The first-order valence-corrected chi connectivity index (χ1v) is 12.2. The van der Waals surface area contributed by atoms with Gasteiger partial charge in [0.25, 0.3) is 0 Å². The van der Waals surface area contributed by atoms with Crippen molar-refractivity contribution >= 4 is 15.7 Å². The fourth-order valence-electron chi connectivity index (χ4n) is 2.84. The summed E-state index contributed by atoms with van der Waals surface area (Å²) in [4.78, 5) is 0. The van der Waals surface area contributed by atoms with Crippen LogP contribution in [0.4, 0.5) is 5.69 Å². The van der Waals surface area contributed by atoms with Gasteiger partial charge in [-0.1, -0.05) is 55.0 Å². The lowest BCUT2D eigenvalue weighted by molar-refractivity contribution is 0.162. The monoisotopic (exact) mass is 428 g/mol. The van der Waals surface area contributed by atoms with Crippen LogP contribution in [0.1, 0.15) is 36.8 Å². The third-order valence-electron chi connectivity index (χ3n) is 4.70. The van der Waals surface area contributed by atoms with Gasteiger partial charge in [0.05, 0.1) is 11.9 Å². The summed E-state index contributed by atoms with van der Waals surface area (Å²) in [5.74, 6) is 6.04. The van der Waals surface area contributed by atoms with Crippen molar-refractivity contribution in [2.24, 2.45) is 0 Å². The van der Waals surface area contributed by atoms with E-state index < -0.39 is 10.0 Å². The Bertz CT molecular complexity index is 901. The van der Waals surface area contributed by atoms with Crippen LogP contribution in [0, 0.1) is 11.8 Å². The Hall–Kier alpha value is -2.33. The Kier molecular flexibility index (Phi) is 10.4. The number of ether oxygens (including phenoxy) is 1. The number of rotatable bonds is 12. The Morgan fingerprint density at radius 3 is 2.37 bits per heavy atom. The minimum atomic E-state index is -3.25. The Morgan fingerprint density at radius 2 is 1.67 bits per heavy atom. The molecule has 5 nitrogen and oxygen atoms in total. The molecule has 6 heteroatoms. The number of hydrogen-bond acceptors (Lipinski definition) is 4. The van der Waals surface area contributed by atoms with Crippen LogP contribution < -0.4 is 9.62 Å². The second kappa shape index (κ2) is 13.1. The number of benzene rings is 2. The molecule has 0 saturated carbocycles. The summed E-state index contributed by atoms with van der Waals surface area (Å²) in [5, 5.41) is 3.47. The molecule has 30 heavy (non-hydrogen) atoms. The molecule has 0 saturated heterocycles. The highest BCUT2D eigenvalue weighted by Gasteiger charge is 2.10. The van der Waals surface area contributed by atoms with Crippen LogP contribution in [0.5, 0.6) is 0 Å². The molecule has 0 aliphatic carbocycles. The van der Waals surface area contributed by atoms with Gasteiger partial charge in [0.15, 0.2) is 0 Å². The molecule has 162 valence electrons. The predicted octanol–water partition coefficient (Wildman–Crippen LogP) is 3.80. The van der Waals surface area contributed by atoms with E-state index >= 15 is 0 Å². The van der Waals surface area contributed by atoms with E-state index in [-0.39, 0.29) is 0 Å². The molecular formula is C24H32N2O3S. The lowest BCUT2D eigenvalue weighted by Gasteiger charge is -2.16. The molecule has 0 unspecified atom stereocenters. The van der Waals surface area contributed by atoms with Crippen molar-refractivity contribution in [3.8, 4) is 11.8 Å². The van der Waals surface area contributed by atoms with Crippen LogP contribution in [-0.4, -0.2) is 41.5 Å². The fourth-order valence-corrected chi connectivity index (χ4v) is 3.35. The predicted molar refractivity (Wildman–Crippen MR) is 124 cm³/mol. The standard InChI is InChI=1S/C24H32N2O3S/c1-26(30(2,27)28)24-16-14-22(15-17-24)13-10-20-29-19-9-4-3-8-18-25-21-23-11-6-5-7-12-23/h5-7,11-12,14-17,25H,3-4,8-9,18-21H2,1-2H3. The summed E-state index contributed by atoms with van der Waals surface area (Å²) in [6.45, 7) is 3.10. The molecule has 0 aromatic heterocycles. The van der Waals surface area contributed by atoms with Crippen molar-refractivity contribution in [3.63, 3.8) is 0 Å². The highest BCUT2D eigenvalue weighted by Crippen LogP contribution is 2.15. The maximum atomic E-state index is 11.5. The van der Waals surface area contributed by atoms with Crippen LogP contribution in [-0.2, 0) is 21.3 Å². The van der Waals surface area contributed by atoms with Gasteiger partial charge in [0.1, 0.15) is 6.61 Å². The van der Waals surface area contributed by atoms with Crippen molar-refractivity contribution in [1.29, 1.82) is 0 Å². The maximum absolute atomic E-state index is 11.5. The third kappa shape index (κ3) is 9.45. The quantitative estimate of drug-likeness (QED) is 0.413. The topological polar surface area (TPSA) is 58.6 Å². The van der Waals surface area contributed by atoms with Gasteiger partial charge in [-0.15, -0.1) is 0 Å².